The molecule has 0 aliphatic rings. The number of ether oxygens (including phenoxy) is 1. The highest BCUT2D eigenvalue weighted by atomic mass is 35.5. The highest BCUT2D eigenvalue weighted by Crippen LogP contribution is 2.24. The first-order valence-electron chi connectivity index (χ1n) is 10.9. The number of hydrogen-bond donors (Lipinski definition) is 3. The minimum atomic E-state index is -0.957. The maximum Gasteiger partial charge on any atom is 0.328 e. The fraction of sp³-hybridized carbons (Fsp3) is 0.115. The van der Waals surface area contributed by atoms with Gasteiger partial charge in [0, 0.05) is 27.8 Å². The van der Waals surface area contributed by atoms with Gasteiger partial charge in [0.1, 0.15) is 11.4 Å². The number of methoxy groups -OCH3 is 1. The molecular weight excluding hydrogens is 468 g/mol. The summed E-state index contributed by atoms with van der Waals surface area (Å²) in [6, 6.07) is 20.6. The van der Waals surface area contributed by atoms with Crippen molar-refractivity contribution in [2.24, 2.45) is 0 Å². The third-order valence-corrected chi connectivity index (χ3v) is 5.60. The summed E-state index contributed by atoms with van der Waals surface area (Å²) in [5, 5.41) is 6.44. The van der Waals surface area contributed by atoms with Crippen LogP contribution in [0.4, 0.5) is 11.4 Å². The Morgan fingerprint density at radius 2 is 1.66 bits per heavy atom. The van der Waals surface area contributed by atoms with Crippen LogP contribution in [0.2, 0.25) is 5.02 Å². The van der Waals surface area contributed by atoms with Gasteiger partial charge in [-0.15, -0.1) is 0 Å². The summed E-state index contributed by atoms with van der Waals surface area (Å²) < 4.78 is 6.41. The molecule has 1 aromatic heterocycles. The maximum absolute atomic E-state index is 13.1. The van der Waals surface area contributed by atoms with Gasteiger partial charge in [-0.05, 0) is 60.5 Å². The number of nitrogens with one attached hydrogen (secondary N) is 3. The van der Waals surface area contributed by atoms with Crippen molar-refractivity contribution in [2.75, 3.05) is 23.2 Å². The molecule has 0 unspecified atom stereocenters. The molecule has 35 heavy (non-hydrogen) atoms. The van der Waals surface area contributed by atoms with Crippen molar-refractivity contribution in [3.8, 4) is 5.75 Å². The van der Waals surface area contributed by atoms with E-state index in [-0.39, 0.29) is 5.69 Å². The van der Waals surface area contributed by atoms with E-state index < -0.39 is 17.7 Å². The molecule has 0 radical (unpaired) electrons. The van der Waals surface area contributed by atoms with Crippen molar-refractivity contribution in [1.29, 1.82) is 0 Å². The van der Waals surface area contributed by atoms with Gasteiger partial charge in [0.05, 0.1) is 12.6 Å². The largest absolute Gasteiger partial charge is 0.497 e. The van der Waals surface area contributed by atoms with Crippen LogP contribution in [0.5, 0.6) is 5.75 Å². The summed E-state index contributed by atoms with van der Waals surface area (Å²) in [5.41, 5.74) is 5.28. The Labute approximate surface area is 206 Å². The van der Waals surface area contributed by atoms with Gasteiger partial charge in [0.15, 0.2) is 0 Å². The van der Waals surface area contributed by atoms with E-state index >= 15 is 0 Å². The number of aryl methyl sites for hydroxylation is 1. The Morgan fingerprint density at radius 3 is 2.37 bits per heavy atom. The van der Waals surface area contributed by atoms with Crippen LogP contribution < -0.4 is 20.8 Å². The number of amides is 3. The lowest BCUT2D eigenvalue weighted by Gasteiger charge is -2.13. The molecule has 0 saturated carbocycles. The quantitative estimate of drug-likeness (QED) is 0.337. The molecule has 4 rings (SSSR count). The van der Waals surface area contributed by atoms with E-state index in [0.29, 0.717) is 33.0 Å². The predicted octanol–water partition coefficient (Wildman–Crippen LogP) is 4.83. The van der Waals surface area contributed by atoms with Gasteiger partial charge in [0.25, 0.3) is 5.91 Å². The number of nitrogens with zero attached hydrogens (tertiary/aromatic N) is 1. The lowest BCUT2D eigenvalue weighted by atomic mass is 10.1. The number of carbonyl (C=O) groups excluding carboxylic acids is 3. The molecule has 8 nitrogen and oxygen atoms in total. The van der Waals surface area contributed by atoms with Crippen molar-refractivity contribution in [2.45, 2.75) is 13.3 Å². The summed E-state index contributed by atoms with van der Waals surface area (Å²) in [5.74, 6) is -1.80. The Bertz CT molecular complexity index is 1410. The van der Waals surface area contributed by atoms with Crippen LogP contribution >= 0.6 is 11.6 Å². The van der Waals surface area contributed by atoms with Gasteiger partial charge in [-0.2, -0.15) is 0 Å². The molecule has 0 aliphatic carbocycles. The summed E-state index contributed by atoms with van der Waals surface area (Å²) in [4.78, 5) is 38.4. The number of carbonyl (C=O) groups is 3. The second-order valence-electron chi connectivity index (χ2n) is 7.70. The van der Waals surface area contributed by atoms with Crippen LogP contribution in [0.15, 0.2) is 72.8 Å². The normalized spacial score (nSPS) is 10.6. The van der Waals surface area contributed by atoms with E-state index in [2.05, 4.69) is 16.1 Å². The highest BCUT2D eigenvalue weighted by Gasteiger charge is 2.21. The van der Waals surface area contributed by atoms with Crippen LogP contribution in [0.25, 0.3) is 10.9 Å². The second kappa shape index (κ2) is 10.3. The minimum Gasteiger partial charge on any atom is -0.497 e. The fourth-order valence-electron chi connectivity index (χ4n) is 3.53. The fourth-order valence-corrected chi connectivity index (χ4v) is 3.71. The Hall–Kier alpha value is -4.30. The van der Waals surface area contributed by atoms with E-state index in [1.165, 1.54) is 11.8 Å². The molecule has 0 atom stereocenters. The van der Waals surface area contributed by atoms with Gasteiger partial charge >= 0.3 is 11.8 Å². The Kier molecular flexibility index (Phi) is 7.03. The van der Waals surface area contributed by atoms with E-state index in [1.54, 1.807) is 60.7 Å². The first-order valence-corrected chi connectivity index (χ1v) is 11.2. The lowest BCUT2D eigenvalue weighted by Crippen LogP contribution is -2.36. The summed E-state index contributed by atoms with van der Waals surface area (Å²) in [6.07, 6.45) is 0.882. The molecule has 0 aliphatic heterocycles. The molecule has 0 bridgehead atoms. The Balaban J connectivity index is 1.60. The van der Waals surface area contributed by atoms with E-state index in [9.17, 15) is 14.4 Å². The zero-order valence-electron chi connectivity index (χ0n) is 19.1. The molecule has 3 amide bonds. The molecule has 0 spiro atoms. The van der Waals surface area contributed by atoms with Crippen molar-refractivity contribution < 1.29 is 19.1 Å². The first kappa shape index (κ1) is 23.8. The van der Waals surface area contributed by atoms with Crippen LogP contribution in [0, 0.1) is 0 Å². The van der Waals surface area contributed by atoms with Crippen molar-refractivity contribution in [3.63, 3.8) is 0 Å². The van der Waals surface area contributed by atoms with Gasteiger partial charge in [0.2, 0.25) is 0 Å². The molecular formula is C26H23ClN4O4. The lowest BCUT2D eigenvalue weighted by molar-refractivity contribution is -0.133. The SMILES string of the molecule is CCc1ccc(NC(=O)c2cc3cc(Cl)ccc3n2NC(=O)C(=O)Nc2cccc(OC)c2)cc1. The second-order valence-corrected chi connectivity index (χ2v) is 8.14. The minimum absolute atomic E-state index is 0.129. The molecule has 3 aromatic carbocycles. The van der Waals surface area contributed by atoms with Crippen LogP contribution in [0.1, 0.15) is 23.0 Å². The Morgan fingerprint density at radius 1 is 0.886 bits per heavy atom. The average molecular weight is 491 g/mol. The zero-order valence-corrected chi connectivity index (χ0v) is 19.8. The van der Waals surface area contributed by atoms with E-state index in [1.807, 2.05) is 19.1 Å². The van der Waals surface area contributed by atoms with Crippen molar-refractivity contribution >= 4 is 51.6 Å². The molecule has 3 N–H and O–H groups in total. The van der Waals surface area contributed by atoms with Gasteiger partial charge in [-0.3, -0.25) is 19.8 Å². The standard InChI is InChI=1S/C26H23ClN4O4/c1-3-16-7-10-19(11-8-16)28-24(32)23-14-17-13-18(27)9-12-22(17)31(23)30-26(34)25(33)29-20-5-4-6-21(15-20)35-2/h4-15H,3H2,1-2H3,(H,28,32)(H,29,33)(H,30,34). The number of aromatic nitrogens is 1. The number of fused-ring (bicyclic) bond motifs is 1. The summed E-state index contributed by atoms with van der Waals surface area (Å²) in [6.45, 7) is 2.05. The van der Waals surface area contributed by atoms with Crippen molar-refractivity contribution in [1.82, 2.24) is 4.68 Å². The third kappa shape index (κ3) is 5.44. The number of anilines is 2. The first-order chi connectivity index (χ1) is 16.9. The van der Waals surface area contributed by atoms with Gasteiger partial charge in [-0.1, -0.05) is 36.7 Å². The zero-order chi connectivity index (χ0) is 24.9. The summed E-state index contributed by atoms with van der Waals surface area (Å²) in [7, 11) is 1.50. The van der Waals surface area contributed by atoms with Crippen molar-refractivity contribution in [3.05, 3.63) is 89.1 Å². The monoisotopic (exact) mass is 490 g/mol. The van der Waals surface area contributed by atoms with Crippen LogP contribution in [-0.4, -0.2) is 29.5 Å². The maximum atomic E-state index is 13.1. The predicted molar refractivity (Wildman–Crippen MR) is 137 cm³/mol. The van der Waals surface area contributed by atoms with Gasteiger partial charge in [-0.25, -0.2) is 4.68 Å². The summed E-state index contributed by atoms with van der Waals surface area (Å²) >= 11 is 6.12. The topological polar surface area (TPSA) is 101 Å². The van der Waals surface area contributed by atoms with Crippen LogP contribution in [-0.2, 0) is 16.0 Å². The highest BCUT2D eigenvalue weighted by molar-refractivity contribution is 6.42. The number of benzene rings is 3. The number of rotatable bonds is 6. The third-order valence-electron chi connectivity index (χ3n) is 5.36. The van der Waals surface area contributed by atoms with Gasteiger partial charge < -0.3 is 15.4 Å². The molecule has 1 heterocycles. The molecule has 0 saturated heterocycles. The van der Waals surface area contributed by atoms with Crippen LogP contribution in [0.3, 0.4) is 0 Å². The average Bonchev–Trinajstić information content (AvgIpc) is 3.21. The smallest absolute Gasteiger partial charge is 0.328 e. The number of halogens is 1. The van der Waals surface area contributed by atoms with E-state index in [0.717, 1.165) is 12.0 Å². The van der Waals surface area contributed by atoms with E-state index in [4.69, 9.17) is 16.3 Å². The molecule has 178 valence electrons. The molecule has 4 aromatic rings. The number of hydrogen-bond acceptors (Lipinski definition) is 4. The molecule has 9 heteroatoms. The molecule has 0 fully saturated rings.